The van der Waals surface area contributed by atoms with Gasteiger partial charge in [0.1, 0.15) is 18.0 Å². The van der Waals surface area contributed by atoms with E-state index in [9.17, 15) is 18.3 Å². The molecule has 2 fully saturated rings. The highest BCUT2D eigenvalue weighted by atomic mass is 32.2. The van der Waals surface area contributed by atoms with Gasteiger partial charge in [-0.15, -0.1) is 0 Å². The fourth-order valence-corrected chi connectivity index (χ4v) is 5.70. The molecule has 9 heteroatoms. The Bertz CT molecular complexity index is 1120. The van der Waals surface area contributed by atoms with Crippen LogP contribution < -0.4 is 14.8 Å². The van der Waals surface area contributed by atoms with E-state index in [1.54, 1.807) is 36.4 Å². The summed E-state index contributed by atoms with van der Waals surface area (Å²) in [5, 5.41) is 12.9. The molecule has 2 aliphatic heterocycles. The summed E-state index contributed by atoms with van der Waals surface area (Å²) < 4.78 is 40.2. The molecule has 33 heavy (non-hydrogen) atoms. The standard InChI is InChI=1S/C24H28N2O6S/c27-14-22-24-20(11-17(31-22)12-23(28)25-13-15-6-7-15)19-10-16(8-9-21(19)32-24)26-33(29,30)18-4-2-1-3-5-18/h1-5,8-10,15,17,20,22,24,26-27H,6-7,11-14H2,(H,25,28)/t17-,20+,22+,24-/m0/s1. The zero-order chi connectivity index (χ0) is 23.0. The number of carbonyl (C=O) groups is 1. The van der Waals surface area contributed by atoms with E-state index in [1.807, 2.05) is 0 Å². The zero-order valence-corrected chi connectivity index (χ0v) is 19.0. The maximum atomic E-state index is 12.7. The second-order valence-corrected chi connectivity index (χ2v) is 10.7. The van der Waals surface area contributed by atoms with Crippen molar-refractivity contribution < 1.29 is 27.8 Å². The maximum Gasteiger partial charge on any atom is 0.261 e. The Morgan fingerprint density at radius 2 is 1.91 bits per heavy atom. The van der Waals surface area contributed by atoms with Crippen LogP contribution in [0.25, 0.3) is 0 Å². The fraction of sp³-hybridized carbons (Fsp3) is 0.458. The molecule has 0 aromatic heterocycles. The van der Waals surface area contributed by atoms with E-state index in [0.29, 0.717) is 30.3 Å². The number of hydrogen-bond donors (Lipinski definition) is 3. The lowest BCUT2D eigenvalue weighted by Gasteiger charge is -2.37. The minimum Gasteiger partial charge on any atom is -0.487 e. The fourth-order valence-electron chi connectivity index (χ4n) is 4.63. The Hall–Kier alpha value is -2.62. The predicted octanol–water partition coefficient (Wildman–Crippen LogP) is 2.40. The number of sulfonamides is 1. The van der Waals surface area contributed by atoms with Crippen LogP contribution in [0.1, 0.15) is 37.2 Å². The number of aliphatic hydroxyl groups is 1. The van der Waals surface area contributed by atoms with Crippen LogP contribution in [0.4, 0.5) is 5.69 Å². The average molecular weight is 473 g/mol. The molecule has 0 bridgehead atoms. The second-order valence-electron chi connectivity index (χ2n) is 9.03. The number of carbonyl (C=O) groups excluding carboxylic acids is 1. The third-order valence-electron chi connectivity index (χ3n) is 6.50. The van der Waals surface area contributed by atoms with Gasteiger partial charge >= 0.3 is 0 Å². The van der Waals surface area contributed by atoms with Crippen molar-refractivity contribution in [3.05, 3.63) is 54.1 Å². The van der Waals surface area contributed by atoms with Crippen LogP contribution in [-0.4, -0.2) is 50.9 Å². The van der Waals surface area contributed by atoms with Crippen LogP contribution in [-0.2, 0) is 19.6 Å². The zero-order valence-electron chi connectivity index (χ0n) is 18.1. The normalized spacial score (nSPS) is 26.1. The van der Waals surface area contributed by atoms with Gasteiger partial charge in [0, 0.05) is 23.7 Å². The Kier molecular flexibility index (Phi) is 6.03. The third kappa shape index (κ3) is 4.85. The molecule has 2 aromatic rings. The van der Waals surface area contributed by atoms with E-state index < -0.39 is 16.1 Å². The van der Waals surface area contributed by atoms with Gasteiger partial charge in [-0.1, -0.05) is 18.2 Å². The van der Waals surface area contributed by atoms with Gasteiger partial charge in [0.05, 0.1) is 24.0 Å². The predicted molar refractivity (Wildman–Crippen MR) is 122 cm³/mol. The number of ether oxygens (including phenoxy) is 2. The number of hydrogen-bond acceptors (Lipinski definition) is 6. The van der Waals surface area contributed by atoms with Crippen LogP contribution in [0.15, 0.2) is 53.4 Å². The summed E-state index contributed by atoms with van der Waals surface area (Å²) in [5.74, 6) is 1.09. The SMILES string of the molecule is O=C(C[C@@H]1C[C@@H]2c3cc(NS(=O)(=O)c4ccccc4)ccc3O[C@@H]2[C@@H](CO)O1)NCC1CC1. The molecule has 3 aliphatic rings. The maximum absolute atomic E-state index is 12.7. The molecular formula is C24H28N2O6S. The van der Waals surface area contributed by atoms with Gasteiger partial charge in [-0.3, -0.25) is 9.52 Å². The molecule has 1 amide bonds. The van der Waals surface area contributed by atoms with Crippen LogP contribution in [0, 0.1) is 5.92 Å². The van der Waals surface area contributed by atoms with Crippen LogP contribution in [0.5, 0.6) is 5.75 Å². The van der Waals surface area contributed by atoms with Crippen molar-refractivity contribution in [1.82, 2.24) is 5.32 Å². The van der Waals surface area contributed by atoms with Crippen molar-refractivity contribution in [3.63, 3.8) is 0 Å². The van der Waals surface area contributed by atoms with Crippen LogP contribution in [0.3, 0.4) is 0 Å². The lowest BCUT2D eigenvalue weighted by atomic mass is 9.84. The largest absolute Gasteiger partial charge is 0.487 e. The number of nitrogens with one attached hydrogen (secondary N) is 2. The molecule has 1 saturated heterocycles. The highest BCUT2D eigenvalue weighted by Gasteiger charge is 2.46. The topological polar surface area (TPSA) is 114 Å². The molecule has 0 unspecified atom stereocenters. The molecule has 8 nitrogen and oxygen atoms in total. The van der Waals surface area contributed by atoms with E-state index >= 15 is 0 Å². The minimum atomic E-state index is -3.72. The molecule has 0 spiro atoms. The van der Waals surface area contributed by atoms with E-state index in [4.69, 9.17) is 9.47 Å². The number of anilines is 1. The van der Waals surface area contributed by atoms with Gasteiger partial charge in [0.15, 0.2) is 0 Å². The first kappa shape index (κ1) is 22.2. The summed E-state index contributed by atoms with van der Waals surface area (Å²) in [7, 11) is -3.72. The first-order valence-electron chi connectivity index (χ1n) is 11.3. The Balaban J connectivity index is 1.32. The number of rotatable bonds is 8. The van der Waals surface area contributed by atoms with E-state index in [0.717, 1.165) is 5.56 Å². The smallest absolute Gasteiger partial charge is 0.261 e. The van der Waals surface area contributed by atoms with Gasteiger partial charge in [0.25, 0.3) is 10.0 Å². The van der Waals surface area contributed by atoms with Gasteiger partial charge in [-0.05, 0) is 55.5 Å². The van der Waals surface area contributed by atoms with Crippen molar-refractivity contribution in [2.24, 2.45) is 5.92 Å². The molecule has 4 atom stereocenters. The lowest BCUT2D eigenvalue weighted by molar-refractivity contribution is -0.142. The molecule has 2 heterocycles. The van der Waals surface area contributed by atoms with Gasteiger partial charge < -0.3 is 19.9 Å². The summed E-state index contributed by atoms with van der Waals surface area (Å²) in [5.41, 5.74) is 1.30. The van der Waals surface area contributed by atoms with Crippen LogP contribution >= 0.6 is 0 Å². The number of amides is 1. The number of fused-ring (bicyclic) bond motifs is 3. The first-order chi connectivity index (χ1) is 15.9. The van der Waals surface area contributed by atoms with Gasteiger partial charge in [0.2, 0.25) is 5.91 Å². The summed E-state index contributed by atoms with van der Waals surface area (Å²) >= 11 is 0. The monoisotopic (exact) mass is 472 g/mol. The van der Waals surface area contributed by atoms with Crippen molar-refractivity contribution >= 4 is 21.6 Å². The molecule has 0 radical (unpaired) electrons. The van der Waals surface area contributed by atoms with Crippen molar-refractivity contribution in [2.75, 3.05) is 17.9 Å². The van der Waals surface area contributed by atoms with Gasteiger partial charge in [-0.25, -0.2) is 8.42 Å². The molecule has 1 saturated carbocycles. The average Bonchev–Trinajstić information content (AvgIpc) is 3.58. The van der Waals surface area contributed by atoms with Crippen LogP contribution in [0.2, 0.25) is 0 Å². The van der Waals surface area contributed by atoms with Crippen molar-refractivity contribution in [2.45, 2.75) is 54.8 Å². The number of benzene rings is 2. The molecule has 2 aromatic carbocycles. The Morgan fingerprint density at radius 1 is 1.12 bits per heavy atom. The van der Waals surface area contributed by atoms with Gasteiger partial charge in [-0.2, -0.15) is 0 Å². The summed E-state index contributed by atoms with van der Waals surface area (Å²) in [6, 6.07) is 13.4. The van der Waals surface area contributed by atoms with E-state index in [1.165, 1.54) is 25.0 Å². The third-order valence-corrected chi connectivity index (χ3v) is 7.90. The summed E-state index contributed by atoms with van der Waals surface area (Å²) in [6.45, 7) is 0.487. The molecular weight excluding hydrogens is 444 g/mol. The van der Waals surface area contributed by atoms with Crippen molar-refractivity contribution in [3.8, 4) is 5.75 Å². The Morgan fingerprint density at radius 3 is 2.64 bits per heavy atom. The number of aliphatic hydroxyl groups excluding tert-OH is 1. The summed E-state index contributed by atoms with van der Waals surface area (Å²) in [6.07, 6.45) is 1.84. The Labute approximate surface area is 193 Å². The quantitative estimate of drug-likeness (QED) is 0.544. The molecule has 176 valence electrons. The molecule has 5 rings (SSSR count). The summed E-state index contributed by atoms with van der Waals surface area (Å²) in [4.78, 5) is 12.5. The second kappa shape index (κ2) is 8.96. The lowest BCUT2D eigenvalue weighted by Crippen LogP contribution is -2.47. The highest BCUT2D eigenvalue weighted by molar-refractivity contribution is 7.92. The van der Waals surface area contributed by atoms with Crippen molar-refractivity contribution in [1.29, 1.82) is 0 Å². The van der Waals surface area contributed by atoms with E-state index in [-0.39, 0.29) is 42.0 Å². The molecule has 3 N–H and O–H groups in total. The first-order valence-corrected chi connectivity index (χ1v) is 12.8. The highest BCUT2D eigenvalue weighted by Crippen LogP contribution is 2.47. The van der Waals surface area contributed by atoms with E-state index in [2.05, 4.69) is 10.0 Å². The minimum absolute atomic E-state index is 0.0504. The molecule has 1 aliphatic carbocycles.